The SMILES string of the molecule is COc1ccc(C=C(C#N)c2ccc(Br)cc2)cc1OC. The number of methoxy groups -OCH3 is 2. The van der Waals surface area contributed by atoms with Crippen LogP contribution in [-0.4, -0.2) is 14.2 Å². The van der Waals surface area contributed by atoms with Gasteiger partial charge in [0.15, 0.2) is 11.5 Å². The summed E-state index contributed by atoms with van der Waals surface area (Å²) in [6.45, 7) is 0. The molecule has 0 amide bonds. The fourth-order valence-electron chi connectivity index (χ4n) is 1.92. The number of rotatable bonds is 4. The van der Waals surface area contributed by atoms with Crippen molar-refractivity contribution in [2.75, 3.05) is 14.2 Å². The van der Waals surface area contributed by atoms with Crippen LogP contribution in [0, 0.1) is 11.3 Å². The molecule has 0 aliphatic heterocycles. The van der Waals surface area contributed by atoms with Gasteiger partial charge in [-0.2, -0.15) is 5.26 Å². The summed E-state index contributed by atoms with van der Waals surface area (Å²) < 4.78 is 11.5. The van der Waals surface area contributed by atoms with Crippen molar-refractivity contribution in [3.8, 4) is 17.6 Å². The lowest BCUT2D eigenvalue weighted by Gasteiger charge is -2.08. The number of halogens is 1. The molecule has 0 fully saturated rings. The zero-order valence-corrected chi connectivity index (χ0v) is 13.3. The van der Waals surface area contributed by atoms with E-state index in [1.165, 1.54) is 0 Å². The van der Waals surface area contributed by atoms with Crippen LogP contribution < -0.4 is 9.47 Å². The number of nitrogens with zero attached hydrogens (tertiary/aromatic N) is 1. The van der Waals surface area contributed by atoms with E-state index in [9.17, 15) is 5.26 Å². The Balaban J connectivity index is 2.41. The molecule has 0 unspecified atom stereocenters. The maximum Gasteiger partial charge on any atom is 0.161 e. The number of nitriles is 1. The molecule has 0 radical (unpaired) electrons. The van der Waals surface area contributed by atoms with Crippen molar-refractivity contribution in [2.45, 2.75) is 0 Å². The monoisotopic (exact) mass is 343 g/mol. The zero-order valence-electron chi connectivity index (χ0n) is 11.8. The molecule has 2 aromatic rings. The lowest BCUT2D eigenvalue weighted by atomic mass is 10.0. The topological polar surface area (TPSA) is 42.2 Å². The molecule has 3 nitrogen and oxygen atoms in total. The number of allylic oxidation sites excluding steroid dienone is 1. The summed E-state index contributed by atoms with van der Waals surface area (Å²) in [6.07, 6.45) is 1.82. The molecule has 0 saturated heterocycles. The highest BCUT2D eigenvalue weighted by atomic mass is 79.9. The summed E-state index contributed by atoms with van der Waals surface area (Å²) in [4.78, 5) is 0. The van der Waals surface area contributed by atoms with Crippen LogP contribution >= 0.6 is 15.9 Å². The van der Waals surface area contributed by atoms with Crippen LogP contribution in [0.1, 0.15) is 11.1 Å². The third kappa shape index (κ3) is 3.65. The first-order valence-electron chi connectivity index (χ1n) is 6.27. The van der Waals surface area contributed by atoms with E-state index in [1.54, 1.807) is 14.2 Å². The molecule has 0 N–H and O–H groups in total. The van der Waals surface area contributed by atoms with E-state index in [0.717, 1.165) is 15.6 Å². The zero-order chi connectivity index (χ0) is 15.2. The minimum absolute atomic E-state index is 0.592. The van der Waals surface area contributed by atoms with Gasteiger partial charge in [0.25, 0.3) is 0 Å². The smallest absolute Gasteiger partial charge is 0.161 e. The fraction of sp³-hybridized carbons (Fsp3) is 0.118. The second-order valence-corrected chi connectivity index (χ2v) is 5.21. The van der Waals surface area contributed by atoms with Crippen molar-refractivity contribution in [2.24, 2.45) is 0 Å². The highest BCUT2D eigenvalue weighted by molar-refractivity contribution is 9.10. The van der Waals surface area contributed by atoms with Gasteiger partial charge in [0, 0.05) is 4.47 Å². The Morgan fingerprint density at radius 1 is 1.05 bits per heavy atom. The number of hydrogen-bond donors (Lipinski definition) is 0. The van der Waals surface area contributed by atoms with Gasteiger partial charge in [-0.05, 0) is 41.5 Å². The van der Waals surface area contributed by atoms with Crippen molar-refractivity contribution < 1.29 is 9.47 Å². The predicted molar refractivity (Wildman–Crippen MR) is 87.2 cm³/mol. The normalized spacial score (nSPS) is 10.9. The van der Waals surface area contributed by atoms with Gasteiger partial charge in [0.2, 0.25) is 0 Å². The largest absolute Gasteiger partial charge is 0.493 e. The molecule has 2 aromatic carbocycles. The van der Waals surface area contributed by atoms with Crippen LogP contribution in [-0.2, 0) is 0 Å². The minimum atomic E-state index is 0.592. The number of hydrogen-bond acceptors (Lipinski definition) is 3. The van der Waals surface area contributed by atoms with Crippen LogP contribution in [0.25, 0.3) is 11.6 Å². The standard InChI is InChI=1S/C17H14BrNO2/c1-20-16-8-3-12(10-17(16)21-2)9-14(11-19)13-4-6-15(18)7-5-13/h3-10H,1-2H3. The molecule has 4 heteroatoms. The Morgan fingerprint density at radius 3 is 2.29 bits per heavy atom. The van der Waals surface area contributed by atoms with E-state index in [-0.39, 0.29) is 0 Å². The first kappa shape index (κ1) is 15.1. The summed E-state index contributed by atoms with van der Waals surface area (Å²) >= 11 is 3.39. The van der Waals surface area contributed by atoms with Gasteiger partial charge in [0.05, 0.1) is 25.9 Å². The van der Waals surface area contributed by atoms with Crippen LogP contribution in [0.2, 0.25) is 0 Å². The Morgan fingerprint density at radius 2 is 1.71 bits per heavy atom. The van der Waals surface area contributed by atoms with Gasteiger partial charge in [-0.3, -0.25) is 0 Å². The molecule has 21 heavy (non-hydrogen) atoms. The maximum atomic E-state index is 9.35. The van der Waals surface area contributed by atoms with Gasteiger partial charge in [-0.1, -0.05) is 34.1 Å². The molecule has 106 valence electrons. The van der Waals surface area contributed by atoms with Crippen molar-refractivity contribution in [1.82, 2.24) is 0 Å². The Labute approximate surface area is 132 Å². The summed E-state index contributed by atoms with van der Waals surface area (Å²) in [7, 11) is 3.18. The third-order valence-corrected chi connectivity index (χ3v) is 3.52. The van der Waals surface area contributed by atoms with E-state index in [0.29, 0.717) is 17.1 Å². The fourth-order valence-corrected chi connectivity index (χ4v) is 2.18. The first-order chi connectivity index (χ1) is 10.2. The molecule has 0 heterocycles. The molecular weight excluding hydrogens is 330 g/mol. The molecule has 0 bridgehead atoms. The number of benzene rings is 2. The third-order valence-electron chi connectivity index (χ3n) is 2.99. The highest BCUT2D eigenvalue weighted by Gasteiger charge is 2.05. The summed E-state index contributed by atoms with van der Waals surface area (Å²) in [5, 5.41) is 9.35. The second-order valence-electron chi connectivity index (χ2n) is 4.29. The van der Waals surface area contributed by atoms with E-state index >= 15 is 0 Å². The van der Waals surface area contributed by atoms with Gasteiger partial charge >= 0.3 is 0 Å². The maximum absolute atomic E-state index is 9.35. The van der Waals surface area contributed by atoms with Crippen LogP contribution in [0.15, 0.2) is 46.9 Å². The van der Waals surface area contributed by atoms with Crippen LogP contribution in [0.5, 0.6) is 11.5 Å². The average Bonchev–Trinajstić information content (AvgIpc) is 2.53. The Hall–Kier alpha value is -2.25. The lowest BCUT2D eigenvalue weighted by molar-refractivity contribution is 0.355. The van der Waals surface area contributed by atoms with E-state index in [2.05, 4.69) is 22.0 Å². The van der Waals surface area contributed by atoms with E-state index < -0.39 is 0 Å². The highest BCUT2D eigenvalue weighted by Crippen LogP contribution is 2.29. The second kappa shape index (κ2) is 6.96. The average molecular weight is 344 g/mol. The van der Waals surface area contributed by atoms with Gasteiger partial charge in [-0.25, -0.2) is 0 Å². The van der Waals surface area contributed by atoms with Crippen molar-refractivity contribution in [3.63, 3.8) is 0 Å². The predicted octanol–water partition coefficient (Wildman–Crippen LogP) is 4.53. The lowest BCUT2D eigenvalue weighted by Crippen LogP contribution is -1.90. The Kier molecular flexibility index (Phi) is 5.02. The number of ether oxygens (including phenoxy) is 2. The van der Waals surface area contributed by atoms with Gasteiger partial charge in [0.1, 0.15) is 0 Å². The molecule has 0 atom stereocenters. The van der Waals surface area contributed by atoms with Crippen LogP contribution in [0.3, 0.4) is 0 Å². The van der Waals surface area contributed by atoms with E-state index in [1.807, 2.05) is 48.5 Å². The summed E-state index contributed by atoms with van der Waals surface area (Å²) in [5.74, 6) is 1.30. The molecule has 2 rings (SSSR count). The molecule has 0 spiro atoms. The minimum Gasteiger partial charge on any atom is -0.493 e. The van der Waals surface area contributed by atoms with Crippen molar-refractivity contribution >= 4 is 27.6 Å². The van der Waals surface area contributed by atoms with Gasteiger partial charge < -0.3 is 9.47 Å². The summed E-state index contributed by atoms with van der Waals surface area (Å²) in [5.41, 5.74) is 2.34. The quantitative estimate of drug-likeness (QED) is 0.604. The molecule has 0 saturated carbocycles. The molecular formula is C17H14BrNO2. The first-order valence-corrected chi connectivity index (χ1v) is 7.07. The van der Waals surface area contributed by atoms with Crippen molar-refractivity contribution in [1.29, 1.82) is 5.26 Å². The summed E-state index contributed by atoms with van der Waals surface area (Å²) in [6, 6.07) is 15.4. The molecule has 0 aliphatic carbocycles. The van der Waals surface area contributed by atoms with Gasteiger partial charge in [-0.15, -0.1) is 0 Å². The Bertz CT molecular complexity index is 700. The van der Waals surface area contributed by atoms with E-state index in [4.69, 9.17) is 9.47 Å². The molecule has 0 aliphatic rings. The molecule has 0 aromatic heterocycles. The van der Waals surface area contributed by atoms with Crippen LogP contribution in [0.4, 0.5) is 0 Å². The van der Waals surface area contributed by atoms with Crippen molar-refractivity contribution in [3.05, 3.63) is 58.1 Å².